The Morgan fingerprint density at radius 1 is 1.29 bits per heavy atom. The van der Waals surface area contributed by atoms with E-state index in [1.165, 1.54) is 19.2 Å². The molecule has 0 radical (unpaired) electrons. The van der Waals surface area contributed by atoms with Gasteiger partial charge in [-0.05, 0) is 24.6 Å². The van der Waals surface area contributed by atoms with E-state index in [9.17, 15) is 9.18 Å². The molecule has 0 bridgehead atoms. The predicted molar refractivity (Wildman–Crippen MR) is 91.4 cm³/mol. The van der Waals surface area contributed by atoms with Gasteiger partial charge in [0.05, 0.1) is 18.7 Å². The van der Waals surface area contributed by atoms with E-state index in [-0.39, 0.29) is 18.3 Å². The summed E-state index contributed by atoms with van der Waals surface area (Å²) in [6.45, 7) is 2.55. The van der Waals surface area contributed by atoms with Crippen LogP contribution in [-0.4, -0.2) is 19.6 Å². The van der Waals surface area contributed by atoms with Crippen LogP contribution < -0.4 is 14.8 Å². The van der Waals surface area contributed by atoms with Gasteiger partial charge in [-0.1, -0.05) is 36.7 Å². The van der Waals surface area contributed by atoms with Gasteiger partial charge in [0.15, 0.2) is 11.5 Å². The predicted octanol–water partition coefficient (Wildman–Crippen LogP) is 4.21. The fourth-order valence-corrected chi connectivity index (χ4v) is 2.38. The number of carbonyl (C=O) groups excluding carboxylic acids is 1. The van der Waals surface area contributed by atoms with Crippen molar-refractivity contribution in [1.29, 1.82) is 0 Å². The summed E-state index contributed by atoms with van der Waals surface area (Å²) in [5.41, 5.74) is 0.726. The second-order valence-electron chi connectivity index (χ2n) is 5.11. The Labute approximate surface area is 145 Å². The molecule has 2 aromatic carbocycles. The molecule has 1 N–H and O–H groups in total. The minimum Gasteiger partial charge on any atom is -0.493 e. The van der Waals surface area contributed by atoms with Crippen molar-refractivity contribution < 1.29 is 18.7 Å². The molecule has 2 aromatic rings. The van der Waals surface area contributed by atoms with Gasteiger partial charge < -0.3 is 14.8 Å². The van der Waals surface area contributed by atoms with E-state index >= 15 is 0 Å². The maximum absolute atomic E-state index is 13.6. The Hall–Kier alpha value is -2.27. The van der Waals surface area contributed by atoms with Gasteiger partial charge in [0.2, 0.25) is 0 Å². The fraction of sp³-hybridized carbons (Fsp3) is 0.278. The molecule has 0 aliphatic rings. The molecule has 0 aliphatic heterocycles. The maximum atomic E-state index is 13.6. The number of benzene rings is 2. The van der Waals surface area contributed by atoms with Crippen LogP contribution in [0.3, 0.4) is 0 Å². The van der Waals surface area contributed by atoms with Crippen molar-refractivity contribution in [3.05, 3.63) is 58.4 Å². The topological polar surface area (TPSA) is 47.6 Å². The number of nitrogens with one attached hydrogen (secondary N) is 1. The summed E-state index contributed by atoms with van der Waals surface area (Å²) >= 11 is 6.19. The SMILES string of the molecule is CCCOc1c(Cl)cc(C(=O)NCc2ccccc2F)cc1OC. The molecule has 24 heavy (non-hydrogen) atoms. The second-order valence-corrected chi connectivity index (χ2v) is 5.52. The lowest BCUT2D eigenvalue weighted by Gasteiger charge is -2.14. The third-order valence-electron chi connectivity index (χ3n) is 3.34. The quantitative estimate of drug-likeness (QED) is 0.813. The highest BCUT2D eigenvalue weighted by Crippen LogP contribution is 2.36. The molecule has 1 amide bonds. The van der Waals surface area contributed by atoms with E-state index in [4.69, 9.17) is 21.1 Å². The third-order valence-corrected chi connectivity index (χ3v) is 3.62. The molecule has 6 heteroatoms. The van der Waals surface area contributed by atoms with Crippen LogP contribution in [0.4, 0.5) is 4.39 Å². The first-order valence-corrected chi connectivity index (χ1v) is 7.96. The van der Waals surface area contributed by atoms with E-state index in [2.05, 4.69) is 5.32 Å². The first-order chi connectivity index (χ1) is 11.6. The highest BCUT2D eigenvalue weighted by atomic mass is 35.5. The molecule has 0 saturated carbocycles. The number of rotatable bonds is 7. The number of halogens is 2. The Morgan fingerprint density at radius 2 is 2.04 bits per heavy atom. The van der Waals surface area contributed by atoms with E-state index in [0.29, 0.717) is 34.3 Å². The van der Waals surface area contributed by atoms with Crippen molar-refractivity contribution in [2.24, 2.45) is 0 Å². The molecule has 0 heterocycles. The monoisotopic (exact) mass is 351 g/mol. The summed E-state index contributed by atoms with van der Waals surface area (Å²) in [5, 5.41) is 2.95. The lowest BCUT2D eigenvalue weighted by molar-refractivity contribution is 0.0950. The van der Waals surface area contributed by atoms with E-state index in [1.54, 1.807) is 24.3 Å². The average Bonchev–Trinajstić information content (AvgIpc) is 2.59. The number of methoxy groups -OCH3 is 1. The van der Waals surface area contributed by atoms with Crippen molar-refractivity contribution in [2.75, 3.05) is 13.7 Å². The molecule has 0 aromatic heterocycles. The first-order valence-electron chi connectivity index (χ1n) is 7.58. The zero-order chi connectivity index (χ0) is 17.5. The molecule has 4 nitrogen and oxygen atoms in total. The molecule has 0 unspecified atom stereocenters. The molecule has 0 aliphatic carbocycles. The molecule has 0 saturated heterocycles. The summed E-state index contributed by atoms with van der Waals surface area (Å²) in [6.07, 6.45) is 0.824. The molecule has 0 spiro atoms. The summed E-state index contributed by atoms with van der Waals surface area (Å²) in [4.78, 5) is 12.3. The molecule has 128 valence electrons. The molecular weight excluding hydrogens is 333 g/mol. The largest absolute Gasteiger partial charge is 0.493 e. The van der Waals surface area contributed by atoms with Crippen LogP contribution in [-0.2, 0) is 6.54 Å². The van der Waals surface area contributed by atoms with Crippen molar-refractivity contribution in [3.8, 4) is 11.5 Å². The standard InChI is InChI=1S/C18H19ClFNO3/c1-3-8-24-17-14(19)9-13(10-16(17)23-2)18(22)21-11-12-6-4-5-7-15(12)20/h4-7,9-10H,3,8,11H2,1-2H3,(H,21,22). The highest BCUT2D eigenvalue weighted by Gasteiger charge is 2.16. The molecule has 0 fully saturated rings. The van der Waals surface area contributed by atoms with Gasteiger partial charge in [0.25, 0.3) is 5.91 Å². The minimum absolute atomic E-state index is 0.0829. The number of amides is 1. The fourth-order valence-electron chi connectivity index (χ4n) is 2.11. The zero-order valence-electron chi connectivity index (χ0n) is 13.6. The van der Waals surface area contributed by atoms with Crippen LogP contribution in [0.1, 0.15) is 29.3 Å². The van der Waals surface area contributed by atoms with Gasteiger partial charge in [-0.15, -0.1) is 0 Å². The summed E-state index contributed by atoms with van der Waals surface area (Å²) in [5.74, 6) is 0.0517. The van der Waals surface area contributed by atoms with Gasteiger partial charge in [-0.3, -0.25) is 4.79 Å². The van der Waals surface area contributed by atoms with E-state index in [0.717, 1.165) is 6.42 Å². The first kappa shape index (κ1) is 18.1. The summed E-state index contributed by atoms with van der Waals surface area (Å²) in [6, 6.07) is 9.33. The Balaban J connectivity index is 2.14. The maximum Gasteiger partial charge on any atom is 0.251 e. The van der Waals surface area contributed by atoms with Crippen LogP contribution in [0.5, 0.6) is 11.5 Å². The summed E-state index contributed by atoms with van der Waals surface area (Å²) in [7, 11) is 1.48. The van der Waals surface area contributed by atoms with Crippen molar-refractivity contribution in [1.82, 2.24) is 5.32 Å². The molecule has 0 atom stereocenters. The Kier molecular flexibility index (Phi) is 6.44. The normalized spacial score (nSPS) is 10.3. The number of carbonyl (C=O) groups is 1. The lowest BCUT2D eigenvalue weighted by atomic mass is 10.1. The number of hydrogen-bond donors (Lipinski definition) is 1. The van der Waals surface area contributed by atoms with Crippen LogP contribution in [0.15, 0.2) is 36.4 Å². The van der Waals surface area contributed by atoms with Crippen molar-refractivity contribution in [2.45, 2.75) is 19.9 Å². The average molecular weight is 352 g/mol. The number of ether oxygens (including phenoxy) is 2. The van der Waals surface area contributed by atoms with Gasteiger partial charge in [-0.25, -0.2) is 4.39 Å². The van der Waals surface area contributed by atoms with Gasteiger partial charge in [0, 0.05) is 17.7 Å². The van der Waals surface area contributed by atoms with Crippen LogP contribution in [0.25, 0.3) is 0 Å². The second kappa shape index (κ2) is 8.55. The third kappa shape index (κ3) is 4.38. The van der Waals surface area contributed by atoms with Crippen molar-refractivity contribution in [3.63, 3.8) is 0 Å². The van der Waals surface area contributed by atoms with Crippen LogP contribution >= 0.6 is 11.6 Å². The Bertz CT molecular complexity index is 721. The van der Waals surface area contributed by atoms with Crippen molar-refractivity contribution >= 4 is 17.5 Å². The number of hydrogen-bond acceptors (Lipinski definition) is 3. The van der Waals surface area contributed by atoms with E-state index in [1.807, 2.05) is 6.92 Å². The van der Waals surface area contributed by atoms with Crippen LogP contribution in [0.2, 0.25) is 5.02 Å². The lowest BCUT2D eigenvalue weighted by Crippen LogP contribution is -2.23. The molecule has 2 rings (SSSR count). The summed E-state index contributed by atoms with van der Waals surface area (Å²) < 4.78 is 24.4. The van der Waals surface area contributed by atoms with Crippen LogP contribution in [0, 0.1) is 5.82 Å². The van der Waals surface area contributed by atoms with Gasteiger partial charge in [-0.2, -0.15) is 0 Å². The van der Waals surface area contributed by atoms with Gasteiger partial charge in [0.1, 0.15) is 5.82 Å². The minimum atomic E-state index is -0.375. The zero-order valence-corrected chi connectivity index (χ0v) is 14.3. The molecular formula is C18H19ClFNO3. The highest BCUT2D eigenvalue weighted by molar-refractivity contribution is 6.32. The van der Waals surface area contributed by atoms with E-state index < -0.39 is 0 Å². The Morgan fingerprint density at radius 3 is 2.71 bits per heavy atom. The smallest absolute Gasteiger partial charge is 0.251 e. The van der Waals surface area contributed by atoms with Gasteiger partial charge >= 0.3 is 0 Å².